The van der Waals surface area contributed by atoms with Crippen LogP contribution in [0.4, 0.5) is 11.4 Å². The van der Waals surface area contributed by atoms with E-state index < -0.39 is 0 Å². The first kappa shape index (κ1) is 11.5. The molecule has 1 heterocycles. The summed E-state index contributed by atoms with van der Waals surface area (Å²) in [6, 6.07) is 10.4. The summed E-state index contributed by atoms with van der Waals surface area (Å²) in [5.74, 6) is 0. The third-order valence-corrected chi connectivity index (χ3v) is 2.61. The molecule has 0 atom stereocenters. The van der Waals surface area contributed by atoms with Gasteiger partial charge < -0.3 is 10.2 Å². The standard InChI is InChI=1S/C13H18N4/c1-16(2)13-6-4-5-11(9-13)14-10-12-7-8-17(3)15-12/h4-9,14H,10H2,1-3H3. The van der Waals surface area contributed by atoms with E-state index in [1.165, 1.54) is 5.69 Å². The molecule has 4 nitrogen and oxygen atoms in total. The molecule has 0 spiro atoms. The highest BCUT2D eigenvalue weighted by molar-refractivity contribution is 5.57. The van der Waals surface area contributed by atoms with Gasteiger partial charge in [-0.15, -0.1) is 0 Å². The van der Waals surface area contributed by atoms with Crippen molar-refractivity contribution in [2.24, 2.45) is 7.05 Å². The van der Waals surface area contributed by atoms with Crippen LogP contribution in [0.15, 0.2) is 36.5 Å². The Kier molecular flexibility index (Phi) is 3.32. The molecular formula is C13H18N4. The number of anilines is 2. The van der Waals surface area contributed by atoms with Gasteiger partial charge in [-0.05, 0) is 24.3 Å². The molecule has 0 saturated carbocycles. The molecule has 2 aromatic rings. The summed E-state index contributed by atoms with van der Waals surface area (Å²) in [6.07, 6.45) is 1.95. The lowest BCUT2D eigenvalue weighted by Gasteiger charge is -2.14. The minimum atomic E-state index is 0.748. The Bertz CT molecular complexity index is 488. The monoisotopic (exact) mass is 230 g/mol. The first-order chi connectivity index (χ1) is 8.15. The molecule has 0 unspecified atom stereocenters. The molecule has 2 rings (SSSR count). The van der Waals surface area contributed by atoms with Gasteiger partial charge in [0.15, 0.2) is 0 Å². The Morgan fingerprint density at radius 1 is 1.29 bits per heavy atom. The molecule has 0 saturated heterocycles. The minimum absolute atomic E-state index is 0.748. The number of rotatable bonds is 4. The Labute approximate surface area is 102 Å². The van der Waals surface area contributed by atoms with Crippen molar-refractivity contribution < 1.29 is 0 Å². The number of aryl methyl sites for hydroxylation is 1. The van der Waals surface area contributed by atoms with Gasteiger partial charge in [-0.25, -0.2) is 0 Å². The van der Waals surface area contributed by atoms with E-state index in [0.29, 0.717) is 0 Å². The summed E-state index contributed by atoms with van der Waals surface area (Å²) < 4.78 is 1.81. The fourth-order valence-electron chi connectivity index (χ4n) is 1.64. The zero-order valence-electron chi connectivity index (χ0n) is 10.5. The summed E-state index contributed by atoms with van der Waals surface area (Å²) in [4.78, 5) is 2.09. The van der Waals surface area contributed by atoms with Crippen molar-refractivity contribution in [1.82, 2.24) is 9.78 Å². The summed E-state index contributed by atoms with van der Waals surface area (Å²) in [5.41, 5.74) is 3.35. The molecule has 4 heteroatoms. The topological polar surface area (TPSA) is 33.1 Å². The summed E-state index contributed by atoms with van der Waals surface area (Å²) in [5, 5.41) is 7.69. The van der Waals surface area contributed by atoms with Crippen LogP contribution < -0.4 is 10.2 Å². The zero-order chi connectivity index (χ0) is 12.3. The first-order valence-corrected chi connectivity index (χ1v) is 5.65. The SMILES string of the molecule is CN(C)c1cccc(NCc2ccn(C)n2)c1. The fraction of sp³-hybridized carbons (Fsp3) is 0.308. The molecule has 1 aromatic carbocycles. The largest absolute Gasteiger partial charge is 0.379 e. The van der Waals surface area contributed by atoms with Gasteiger partial charge in [0.1, 0.15) is 0 Å². The van der Waals surface area contributed by atoms with Crippen molar-refractivity contribution in [3.63, 3.8) is 0 Å². The maximum atomic E-state index is 4.33. The van der Waals surface area contributed by atoms with Crippen molar-refractivity contribution in [2.45, 2.75) is 6.54 Å². The Morgan fingerprint density at radius 2 is 2.12 bits per heavy atom. The van der Waals surface area contributed by atoms with Gasteiger partial charge in [0.05, 0.1) is 12.2 Å². The van der Waals surface area contributed by atoms with Crippen molar-refractivity contribution in [1.29, 1.82) is 0 Å². The average Bonchev–Trinajstić information content (AvgIpc) is 2.73. The van der Waals surface area contributed by atoms with Crippen molar-refractivity contribution in [3.05, 3.63) is 42.2 Å². The summed E-state index contributed by atoms with van der Waals surface area (Å²) in [6.45, 7) is 0.748. The third kappa shape index (κ3) is 3.00. The molecular weight excluding hydrogens is 212 g/mol. The van der Waals surface area contributed by atoms with E-state index in [1.54, 1.807) is 0 Å². The highest BCUT2D eigenvalue weighted by Crippen LogP contribution is 2.17. The lowest BCUT2D eigenvalue weighted by atomic mass is 10.2. The van der Waals surface area contributed by atoms with Crippen molar-refractivity contribution >= 4 is 11.4 Å². The van der Waals surface area contributed by atoms with Crippen LogP contribution in [0, 0.1) is 0 Å². The summed E-state index contributed by atoms with van der Waals surface area (Å²) in [7, 11) is 6.01. The normalized spacial score (nSPS) is 10.3. The molecule has 0 fully saturated rings. The molecule has 17 heavy (non-hydrogen) atoms. The highest BCUT2D eigenvalue weighted by Gasteiger charge is 1.99. The van der Waals surface area contributed by atoms with Gasteiger partial charge in [-0.3, -0.25) is 4.68 Å². The van der Waals surface area contributed by atoms with Crippen LogP contribution in [0.1, 0.15) is 5.69 Å². The number of nitrogens with zero attached hydrogens (tertiary/aromatic N) is 3. The quantitative estimate of drug-likeness (QED) is 0.873. The number of hydrogen-bond acceptors (Lipinski definition) is 3. The molecule has 0 aliphatic carbocycles. The average molecular weight is 230 g/mol. The Balaban J connectivity index is 2.01. The van der Waals surface area contributed by atoms with E-state index in [4.69, 9.17) is 0 Å². The first-order valence-electron chi connectivity index (χ1n) is 5.65. The fourth-order valence-corrected chi connectivity index (χ4v) is 1.64. The number of nitrogens with one attached hydrogen (secondary N) is 1. The predicted molar refractivity (Wildman–Crippen MR) is 71.3 cm³/mol. The van der Waals surface area contributed by atoms with E-state index in [0.717, 1.165) is 17.9 Å². The van der Waals surface area contributed by atoms with Crippen LogP contribution >= 0.6 is 0 Å². The molecule has 0 aliphatic rings. The maximum absolute atomic E-state index is 4.33. The van der Waals surface area contributed by atoms with Crippen LogP contribution in [0.2, 0.25) is 0 Å². The molecule has 0 bridgehead atoms. The van der Waals surface area contributed by atoms with Gasteiger partial charge in [-0.1, -0.05) is 6.07 Å². The van der Waals surface area contributed by atoms with Crippen LogP contribution in [-0.2, 0) is 13.6 Å². The van der Waals surface area contributed by atoms with Crippen LogP contribution in [0.3, 0.4) is 0 Å². The minimum Gasteiger partial charge on any atom is -0.379 e. The Morgan fingerprint density at radius 3 is 2.76 bits per heavy atom. The molecule has 1 N–H and O–H groups in total. The Hall–Kier alpha value is -1.97. The van der Waals surface area contributed by atoms with Gasteiger partial charge >= 0.3 is 0 Å². The van der Waals surface area contributed by atoms with Gasteiger partial charge in [0.2, 0.25) is 0 Å². The number of hydrogen-bond donors (Lipinski definition) is 1. The lowest BCUT2D eigenvalue weighted by Crippen LogP contribution is -2.09. The molecule has 0 aliphatic heterocycles. The molecule has 1 aromatic heterocycles. The lowest BCUT2D eigenvalue weighted by molar-refractivity contribution is 0.747. The molecule has 90 valence electrons. The second-order valence-corrected chi connectivity index (χ2v) is 4.28. The van der Waals surface area contributed by atoms with Crippen molar-refractivity contribution in [2.75, 3.05) is 24.3 Å². The van der Waals surface area contributed by atoms with E-state index in [-0.39, 0.29) is 0 Å². The van der Waals surface area contributed by atoms with E-state index in [9.17, 15) is 0 Å². The predicted octanol–water partition coefficient (Wildman–Crippen LogP) is 2.10. The van der Waals surface area contributed by atoms with Gasteiger partial charge in [0.25, 0.3) is 0 Å². The number of benzene rings is 1. The van der Waals surface area contributed by atoms with E-state index in [1.807, 2.05) is 38.1 Å². The maximum Gasteiger partial charge on any atom is 0.0815 e. The summed E-state index contributed by atoms with van der Waals surface area (Å²) >= 11 is 0. The zero-order valence-corrected chi connectivity index (χ0v) is 10.5. The highest BCUT2D eigenvalue weighted by atomic mass is 15.3. The number of aromatic nitrogens is 2. The van der Waals surface area contributed by atoms with Gasteiger partial charge in [0, 0.05) is 38.7 Å². The van der Waals surface area contributed by atoms with E-state index >= 15 is 0 Å². The molecule has 0 radical (unpaired) electrons. The van der Waals surface area contributed by atoms with E-state index in [2.05, 4.69) is 39.6 Å². The smallest absolute Gasteiger partial charge is 0.0815 e. The van der Waals surface area contributed by atoms with Crippen LogP contribution in [-0.4, -0.2) is 23.9 Å². The van der Waals surface area contributed by atoms with Crippen LogP contribution in [0.25, 0.3) is 0 Å². The van der Waals surface area contributed by atoms with Crippen molar-refractivity contribution in [3.8, 4) is 0 Å². The third-order valence-electron chi connectivity index (χ3n) is 2.61. The molecule has 0 amide bonds. The second-order valence-electron chi connectivity index (χ2n) is 4.28. The second kappa shape index (κ2) is 4.91. The van der Waals surface area contributed by atoms with Crippen LogP contribution in [0.5, 0.6) is 0 Å². The van der Waals surface area contributed by atoms with Gasteiger partial charge in [-0.2, -0.15) is 5.10 Å².